The van der Waals surface area contributed by atoms with Gasteiger partial charge in [-0.3, -0.25) is 9.59 Å². The molecule has 3 N–H and O–H groups in total. The second kappa shape index (κ2) is 9.00. The van der Waals surface area contributed by atoms with Crippen LogP contribution in [-0.2, 0) is 11.2 Å². The lowest BCUT2D eigenvalue weighted by molar-refractivity contribution is -0.120. The molecule has 0 unspecified atom stereocenters. The average Bonchev–Trinajstić information content (AvgIpc) is 3.47. The number of H-pyrrole nitrogens is 1. The van der Waals surface area contributed by atoms with Gasteiger partial charge in [0, 0.05) is 34.8 Å². The van der Waals surface area contributed by atoms with E-state index in [-0.39, 0.29) is 18.4 Å². The van der Waals surface area contributed by atoms with Gasteiger partial charge in [0.1, 0.15) is 5.52 Å². The second-order valence-electron chi connectivity index (χ2n) is 7.75. The number of carbonyl (C=O) groups is 2. The largest absolute Gasteiger partial charge is 0.361 e. The summed E-state index contributed by atoms with van der Waals surface area (Å²) >= 11 is 0. The maximum Gasteiger partial charge on any atom is 0.251 e. The molecule has 2 aromatic heterocycles. The van der Waals surface area contributed by atoms with Crippen LogP contribution in [0.4, 0.5) is 0 Å². The van der Waals surface area contributed by atoms with Gasteiger partial charge in [0.05, 0.1) is 11.9 Å². The SMILES string of the molecule is O=C(CNC(=O)c1ccc2noc(-c3ccccc3)c2c1)NCCc1c[nH]c2ccccc12. The molecule has 0 radical (unpaired) electrons. The minimum Gasteiger partial charge on any atom is -0.361 e. The molecule has 0 aliphatic rings. The summed E-state index contributed by atoms with van der Waals surface area (Å²) in [6.07, 6.45) is 2.67. The highest BCUT2D eigenvalue weighted by atomic mass is 16.5. The van der Waals surface area contributed by atoms with Gasteiger partial charge in [0.25, 0.3) is 5.91 Å². The van der Waals surface area contributed by atoms with Gasteiger partial charge in [-0.25, -0.2) is 0 Å². The van der Waals surface area contributed by atoms with Crippen molar-refractivity contribution < 1.29 is 14.1 Å². The molecule has 7 heteroatoms. The Balaban J connectivity index is 1.18. The van der Waals surface area contributed by atoms with Crippen LogP contribution >= 0.6 is 0 Å². The summed E-state index contributed by atoms with van der Waals surface area (Å²) in [5.74, 6) is 0.0402. The van der Waals surface area contributed by atoms with Gasteiger partial charge in [-0.05, 0) is 36.2 Å². The van der Waals surface area contributed by atoms with E-state index in [4.69, 9.17) is 4.52 Å². The Morgan fingerprint density at radius 3 is 2.61 bits per heavy atom. The average molecular weight is 438 g/mol. The molecule has 2 heterocycles. The third-order valence-corrected chi connectivity index (χ3v) is 5.58. The van der Waals surface area contributed by atoms with E-state index in [9.17, 15) is 9.59 Å². The van der Waals surface area contributed by atoms with Crippen molar-refractivity contribution in [2.24, 2.45) is 0 Å². The fourth-order valence-corrected chi connectivity index (χ4v) is 3.88. The van der Waals surface area contributed by atoms with Crippen LogP contribution in [0.1, 0.15) is 15.9 Å². The van der Waals surface area contributed by atoms with Crippen LogP contribution in [0.3, 0.4) is 0 Å². The van der Waals surface area contributed by atoms with Crippen molar-refractivity contribution >= 4 is 33.6 Å². The van der Waals surface area contributed by atoms with Gasteiger partial charge >= 0.3 is 0 Å². The predicted octanol–water partition coefficient (Wildman–Crippen LogP) is 4.06. The van der Waals surface area contributed by atoms with Gasteiger partial charge < -0.3 is 20.1 Å². The Morgan fingerprint density at radius 2 is 1.73 bits per heavy atom. The number of amides is 2. The van der Waals surface area contributed by atoms with Gasteiger partial charge in [-0.1, -0.05) is 53.7 Å². The third kappa shape index (κ3) is 4.34. The number of hydrogen-bond acceptors (Lipinski definition) is 4. The van der Waals surface area contributed by atoms with Gasteiger partial charge in [0.2, 0.25) is 5.91 Å². The van der Waals surface area contributed by atoms with Crippen LogP contribution in [0, 0.1) is 0 Å². The van der Waals surface area contributed by atoms with E-state index in [0.29, 0.717) is 29.8 Å². The number of nitrogens with zero attached hydrogens (tertiary/aromatic N) is 1. The highest BCUT2D eigenvalue weighted by Gasteiger charge is 2.14. The number of carbonyl (C=O) groups excluding carboxylic acids is 2. The molecule has 2 amide bonds. The van der Waals surface area contributed by atoms with Crippen LogP contribution in [0.25, 0.3) is 33.1 Å². The smallest absolute Gasteiger partial charge is 0.251 e. The number of benzene rings is 3. The standard InChI is InChI=1S/C26H22N4O3/c31-24(27-13-12-19-15-28-22-9-5-4-8-20(19)22)16-29-26(32)18-10-11-23-21(14-18)25(33-30-23)17-6-2-1-3-7-17/h1-11,14-15,28H,12-13,16H2,(H,27,31)(H,29,32). The first-order chi connectivity index (χ1) is 16.2. The molecule has 164 valence electrons. The van der Waals surface area contributed by atoms with Crippen molar-refractivity contribution in [1.29, 1.82) is 0 Å². The molecule has 0 spiro atoms. The molecule has 5 rings (SSSR count). The fraction of sp³-hybridized carbons (Fsp3) is 0.115. The lowest BCUT2D eigenvalue weighted by Gasteiger charge is -2.07. The first kappa shape index (κ1) is 20.5. The lowest BCUT2D eigenvalue weighted by atomic mass is 10.1. The summed E-state index contributed by atoms with van der Waals surface area (Å²) in [4.78, 5) is 28.1. The monoisotopic (exact) mass is 438 g/mol. The number of aromatic amines is 1. The maximum atomic E-state index is 12.6. The van der Waals surface area contributed by atoms with Crippen LogP contribution in [0.5, 0.6) is 0 Å². The molecule has 0 fully saturated rings. The Hall–Kier alpha value is -4.39. The predicted molar refractivity (Wildman–Crippen MR) is 127 cm³/mol. The normalized spacial score (nSPS) is 11.0. The van der Waals surface area contributed by atoms with E-state index in [1.165, 1.54) is 0 Å². The van der Waals surface area contributed by atoms with Gasteiger partial charge in [-0.2, -0.15) is 0 Å². The molecule has 0 saturated carbocycles. The minimum absolute atomic E-state index is 0.0973. The van der Waals surface area contributed by atoms with Crippen molar-refractivity contribution in [3.8, 4) is 11.3 Å². The molecule has 0 atom stereocenters. The summed E-state index contributed by atoms with van der Waals surface area (Å²) in [6.45, 7) is 0.392. The molecule has 3 aromatic carbocycles. The molecule has 0 aliphatic carbocycles. The number of hydrogen-bond donors (Lipinski definition) is 3. The summed E-state index contributed by atoms with van der Waals surface area (Å²) in [5.41, 5.74) is 4.21. The van der Waals surface area contributed by atoms with Gasteiger partial charge in [0.15, 0.2) is 5.76 Å². The number of aromatic nitrogens is 2. The summed E-state index contributed by atoms with van der Waals surface area (Å²) in [5, 5.41) is 11.5. The molecule has 33 heavy (non-hydrogen) atoms. The van der Waals surface area contributed by atoms with Crippen molar-refractivity contribution in [2.45, 2.75) is 6.42 Å². The van der Waals surface area contributed by atoms with E-state index in [2.05, 4.69) is 26.8 Å². The van der Waals surface area contributed by atoms with E-state index in [0.717, 1.165) is 27.4 Å². The Bertz CT molecular complexity index is 1440. The second-order valence-corrected chi connectivity index (χ2v) is 7.75. The third-order valence-electron chi connectivity index (χ3n) is 5.58. The fourth-order valence-electron chi connectivity index (χ4n) is 3.88. The zero-order chi connectivity index (χ0) is 22.6. The van der Waals surface area contributed by atoms with Crippen LogP contribution < -0.4 is 10.6 Å². The maximum absolute atomic E-state index is 12.6. The van der Waals surface area contributed by atoms with Crippen molar-refractivity contribution in [3.63, 3.8) is 0 Å². The molecular weight excluding hydrogens is 416 g/mol. The summed E-state index contributed by atoms with van der Waals surface area (Å²) in [7, 11) is 0. The first-order valence-electron chi connectivity index (χ1n) is 10.7. The van der Waals surface area contributed by atoms with Crippen LogP contribution in [-0.4, -0.2) is 35.0 Å². The van der Waals surface area contributed by atoms with E-state index in [1.807, 2.05) is 54.7 Å². The highest BCUT2D eigenvalue weighted by molar-refractivity contribution is 6.02. The molecule has 7 nitrogen and oxygen atoms in total. The number of rotatable bonds is 7. The topological polar surface area (TPSA) is 100 Å². The van der Waals surface area contributed by atoms with Crippen molar-refractivity contribution in [3.05, 3.63) is 90.1 Å². The first-order valence-corrected chi connectivity index (χ1v) is 10.7. The molecule has 5 aromatic rings. The van der Waals surface area contributed by atoms with Crippen molar-refractivity contribution in [1.82, 2.24) is 20.8 Å². The molecule has 0 aliphatic heterocycles. The van der Waals surface area contributed by atoms with E-state index < -0.39 is 0 Å². The lowest BCUT2D eigenvalue weighted by Crippen LogP contribution is -2.37. The van der Waals surface area contributed by atoms with Crippen LogP contribution in [0.2, 0.25) is 0 Å². The quantitative estimate of drug-likeness (QED) is 0.357. The number of para-hydroxylation sites is 1. The summed E-state index contributed by atoms with van der Waals surface area (Å²) < 4.78 is 5.49. The molecular formula is C26H22N4O3. The summed E-state index contributed by atoms with van der Waals surface area (Å²) in [6, 6.07) is 22.8. The van der Waals surface area contributed by atoms with Gasteiger partial charge in [-0.15, -0.1) is 0 Å². The number of nitrogens with one attached hydrogen (secondary N) is 3. The molecule has 0 bridgehead atoms. The minimum atomic E-state index is -0.330. The van der Waals surface area contributed by atoms with E-state index >= 15 is 0 Å². The Morgan fingerprint density at radius 1 is 0.909 bits per heavy atom. The van der Waals surface area contributed by atoms with E-state index in [1.54, 1.807) is 18.2 Å². The zero-order valence-electron chi connectivity index (χ0n) is 17.8. The van der Waals surface area contributed by atoms with Crippen molar-refractivity contribution in [2.75, 3.05) is 13.1 Å². The molecule has 0 saturated heterocycles. The zero-order valence-corrected chi connectivity index (χ0v) is 17.8. The number of fused-ring (bicyclic) bond motifs is 2. The highest BCUT2D eigenvalue weighted by Crippen LogP contribution is 2.29. The Labute approximate surface area is 189 Å². The Kier molecular flexibility index (Phi) is 5.59. The van der Waals surface area contributed by atoms with Crippen LogP contribution in [0.15, 0.2) is 83.5 Å².